The number of aromatic nitrogens is 8. The van der Waals surface area contributed by atoms with Gasteiger partial charge in [-0.2, -0.15) is 0 Å². The lowest BCUT2D eigenvalue weighted by atomic mass is 9.86. The molecule has 0 aliphatic carbocycles. The Morgan fingerprint density at radius 2 is 0.670 bits per heavy atom. The first-order valence-corrected chi connectivity index (χ1v) is 37.1. The molecule has 16 rings (SSSR count). The lowest BCUT2D eigenvalue weighted by Crippen LogP contribution is -2.32. The molecule has 0 bridgehead atoms. The number of nitrogens with zero attached hydrogens (tertiary/aromatic N) is 8. The summed E-state index contributed by atoms with van der Waals surface area (Å²) in [6.45, 7) is 19.5. The van der Waals surface area contributed by atoms with E-state index in [-0.39, 0.29) is 11.1 Å². The van der Waals surface area contributed by atoms with E-state index in [1.54, 1.807) is 61.6 Å². The largest absolute Gasteiger partial charge is 0.437 e. The van der Waals surface area contributed by atoms with Crippen LogP contribution in [0, 0.1) is 78.6 Å². The second-order valence-corrected chi connectivity index (χ2v) is 31.0. The van der Waals surface area contributed by atoms with Gasteiger partial charge in [0.2, 0.25) is 45.6 Å². The lowest BCUT2D eigenvalue weighted by Gasteiger charge is -2.19. The summed E-state index contributed by atoms with van der Waals surface area (Å²) in [4.78, 5) is 17.8. The maximum atomic E-state index is 8.82. The zero-order valence-electron chi connectivity index (χ0n) is 84.5. The molecule has 0 amide bonds. The van der Waals surface area contributed by atoms with Crippen LogP contribution in [0.5, 0.6) is 0 Å². The van der Waals surface area contributed by atoms with Crippen molar-refractivity contribution in [2.45, 2.75) is 177 Å². The number of hydrogen-bond acceptors (Lipinski definition) is 8. The lowest BCUT2D eigenvalue weighted by molar-refractivity contribution is -0.661. The van der Waals surface area contributed by atoms with Crippen LogP contribution in [0.1, 0.15) is 192 Å². The first-order chi connectivity index (χ1) is 58.9. The highest BCUT2D eigenvalue weighted by Crippen LogP contribution is 2.42. The van der Waals surface area contributed by atoms with E-state index in [4.69, 9.17) is 42.3 Å². The Balaban J connectivity index is 0.000000146. The molecule has 4 aromatic carbocycles. The highest BCUT2D eigenvalue weighted by Gasteiger charge is 2.30. The van der Waals surface area contributed by atoms with Crippen LogP contribution in [0.4, 0.5) is 0 Å². The van der Waals surface area contributed by atoms with Crippen LogP contribution in [0.15, 0.2) is 176 Å². The normalized spacial score (nSPS) is 15.4. The van der Waals surface area contributed by atoms with Crippen LogP contribution in [0.3, 0.4) is 0 Å². The minimum absolute atomic E-state index is 0.00889. The fourth-order valence-corrected chi connectivity index (χ4v) is 14.8. The number of furan rings is 4. The molecular weight excluding hydrogens is 1340 g/mol. The van der Waals surface area contributed by atoms with E-state index in [1.165, 1.54) is 34.8 Å². The number of rotatable bonds is 9. The number of pyridine rings is 8. The summed E-state index contributed by atoms with van der Waals surface area (Å²) in [7, 11) is 7.54. The summed E-state index contributed by atoms with van der Waals surface area (Å²) in [6.07, 6.45) is 4.82. The fourth-order valence-electron chi connectivity index (χ4n) is 14.8. The SMILES string of the molecule is CCc1cc(-c2c(C)ccc3c2oc2ncccc23)[n+](C)cc1C(C)C.[2H]C([2H])([2H])C(C)(C([2H])([2H])[2H])C([2H])([2H])c1c[n+](C)c(-c2c(C)ccc3c2oc2nc(C)ccc23)cc1C.[2H]C([2H])([2H])C(C)(C([2H])([2H])[2H])C([2H])([2H])c1c[n+](C)c(-c2c(C)ccc3c2oc2ncccc23)cc1C.[2H]C([2H])(c1c[n+](C)c(-c2c(C)ccc3c2oc2nc(C)ccc23)cc1C)C(C)(C)C. The molecule has 12 heteroatoms. The number of benzene rings is 4. The molecular formula is C97H110N8O4+4. The smallest absolute Gasteiger partial charge is 0.227 e. The number of hydrogen-bond donors (Lipinski definition) is 0. The molecule has 12 aromatic heterocycles. The summed E-state index contributed by atoms with van der Waals surface area (Å²) >= 11 is 0. The van der Waals surface area contributed by atoms with Gasteiger partial charge in [-0.15, -0.1) is 0 Å². The van der Waals surface area contributed by atoms with Crippen molar-refractivity contribution < 1.29 is 60.6 Å². The molecule has 558 valence electrons. The first-order valence-electron chi connectivity index (χ1n) is 46.1. The summed E-state index contributed by atoms with van der Waals surface area (Å²) in [5.41, 5.74) is 18.3. The molecule has 12 nitrogen and oxygen atoms in total. The number of aryl methyl sites for hydroxylation is 14. The van der Waals surface area contributed by atoms with Crippen molar-refractivity contribution in [1.82, 2.24) is 19.9 Å². The van der Waals surface area contributed by atoms with Gasteiger partial charge in [0.15, 0.2) is 47.1 Å². The average molecular weight is 1470 g/mol. The Morgan fingerprint density at radius 1 is 0.367 bits per heavy atom. The van der Waals surface area contributed by atoms with Crippen molar-refractivity contribution in [3.63, 3.8) is 0 Å². The molecule has 0 saturated heterocycles. The van der Waals surface area contributed by atoms with Crippen molar-refractivity contribution in [3.8, 4) is 45.0 Å². The van der Waals surface area contributed by atoms with E-state index in [0.29, 0.717) is 62.3 Å². The minimum atomic E-state index is -3.08. The van der Waals surface area contributed by atoms with Crippen LogP contribution in [-0.4, -0.2) is 19.9 Å². The summed E-state index contributed by atoms with van der Waals surface area (Å²) < 4.78 is 180. The minimum Gasteiger partial charge on any atom is -0.437 e. The molecule has 0 atom stereocenters. The Hall–Kier alpha value is -10.7. The van der Waals surface area contributed by atoms with Crippen LogP contribution >= 0.6 is 0 Å². The molecule has 0 spiro atoms. The van der Waals surface area contributed by atoms with Crippen molar-refractivity contribution in [2.24, 2.45) is 44.4 Å². The third-order valence-electron chi connectivity index (χ3n) is 20.1. The van der Waals surface area contributed by atoms with Crippen LogP contribution in [0.2, 0.25) is 0 Å². The van der Waals surface area contributed by atoms with Crippen molar-refractivity contribution in [3.05, 3.63) is 237 Å². The molecule has 0 radical (unpaired) electrons. The zero-order chi connectivity index (χ0) is 93.6. The molecule has 0 saturated carbocycles. The third-order valence-corrected chi connectivity index (χ3v) is 20.1. The maximum Gasteiger partial charge on any atom is 0.227 e. The van der Waals surface area contributed by atoms with Gasteiger partial charge in [-0.3, -0.25) is 0 Å². The summed E-state index contributed by atoms with van der Waals surface area (Å²) in [5, 5.41) is 7.80. The van der Waals surface area contributed by atoms with E-state index in [0.717, 1.165) is 142 Å². The average Bonchev–Trinajstić information content (AvgIpc) is 1.65. The molecule has 0 aliphatic heterocycles. The quantitative estimate of drug-likeness (QED) is 0.131. The second-order valence-electron chi connectivity index (χ2n) is 31.0. The first kappa shape index (κ1) is 56.5. The highest BCUT2D eigenvalue weighted by atomic mass is 16.4. The molecule has 12 heterocycles. The highest BCUT2D eigenvalue weighted by molar-refractivity contribution is 6.12. The number of fused-ring (bicyclic) bond motifs is 12. The van der Waals surface area contributed by atoms with Gasteiger partial charge in [-0.05, 0) is 203 Å². The van der Waals surface area contributed by atoms with Crippen LogP contribution in [0.25, 0.3) is 133 Å². The Labute approximate surface area is 668 Å². The van der Waals surface area contributed by atoms with Gasteiger partial charge in [-0.25, -0.2) is 38.2 Å². The zero-order valence-corrected chi connectivity index (χ0v) is 66.5. The Bertz CT molecular complexity index is 7010. The molecule has 0 aliphatic rings. The van der Waals surface area contributed by atoms with Crippen LogP contribution < -0.4 is 18.3 Å². The molecule has 0 unspecified atom stereocenters. The molecule has 16 aromatic rings. The van der Waals surface area contributed by atoms with Gasteiger partial charge in [0.05, 0.1) is 22.3 Å². The predicted molar refractivity (Wildman–Crippen MR) is 448 cm³/mol. The molecule has 0 N–H and O–H groups in total. The van der Waals surface area contributed by atoms with Gasteiger partial charge < -0.3 is 17.7 Å². The van der Waals surface area contributed by atoms with Crippen molar-refractivity contribution >= 4 is 88.3 Å². The van der Waals surface area contributed by atoms with Crippen molar-refractivity contribution in [1.29, 1.82) is 0 Å². The van der Waals surface area contributed by atoms with E-state index in [1.807, 2.05) is 134 Å². The van der Waals surface area contributed by atoms with Gasteiger partial charge in [0.25, 0.3) is 0 Å². The summed E-state index contributed by atoms with van der Waals surface area (Å²) in [6, 6.07) is 40.1. The fraction of sp³-hybridized carbons (Fsp3) is 0.340. The van der Waals surface area contributed by atoms with E-state index < -0.39 is 62.8 Å². The predicted octanol–water partition coefficient (Wildman–Crippen LogP) is 23.1. The molecule has 0 fully saturated rings. The van der Waals surface area contributed by atoms with E-state index in [9.17, 15) is 0 Å². The topological polar surface area (TPSA) is 120 Å². The van der Waals surface area contributed by atoms with Crippen LogP contribution in [-0.2, 0) is 53.7 Å². The third kappa shape index (κ3) is 15.6. The van der Waals surface area contributed by atoms with Gasteiger partial charge >= 0.3 is 0 Å². The van der Waals surface area contributed by atoms with Crippen molar-refractivity contribution in [2.75, 3.05) is 0 Å². The maximum absolute atomic E-state index is 8.82. The van der Waals surface area contributed by atoms with Gasteiger partial charge in [0, 0.05) is 138 Å². The van der Waals surface area contributed by atoms with E-state index in [2.05, 4.69) is 121 Å². The standard InChI is InChI=1S/2C25H29N2O.C24H27N2O.C23H25N2O/c2*1-15-8-10-19-20-11-9-17(3)26-24(20)28-23(19)22(15)21-12-16(2)18(14-27(21)7)13-25(4,5)6;1-15-9-10-18-19-8-7-11-25-23(19)27-22(18)21(15)20-12-16(2)17(14-26(20)6)13-24(3,4)5;1-6-16-12-20(25(5)13-19(16)14(2)3)21-15(4)9-10-17-18-8-7-11-24-23(18)26-22(17)21/h2*8-12,14H,13H2,1-7H3;7-12,14H,13H2,1-6H3;7-14H,6H2,1-5H3/q4*+1/i4D3,5D3,13D2;13D2;3D3,4D3,13D2;. The Morgan fingerprint density at radius 3 is 0.991 bits per heavy atom. The Kier molecular flexibility index (Phi) is 15.4. The van der Waals surface area contributed by atoms with E-state index >= 15 is 0 Å². The monoisotopic (exact) mass is 1470 g/mol. The summed E-state index contributed by atoms with van der Waals surface area (Å²) in [5.74, 6) is 0.512. The second kappa shape index (κ2) is 29.7. The van der Waals surface area contributed by atoms with Gasteiger partial charge in [0.1, 0.15) is 28.2 Å². The molecule has 109 heavy (non-hydrogen) atoms. The van der Waals surface area contributed by atoms with Gasteiger partial charge in [-0.1, -0.05) is 131 Å².